The number of halogens is 2. The molecule has 1 aromatic rings. The smallest absolute Gasteiger partial charge is 0.230 e. The Hall–Kier alpha value is -1.17. The number of ether oxygens (including phenoxy) is 1. The second-order valence-corrected chi connectivity index (χ2v) is 5.42. The lowest BCUT2D eigenvalue weighted by Gasteiger charge is -2.36. The van der Waals surface area contributed by atoms with E-state index in [-0.39, 0.29) is 24.1 Å². The molecule has 22 heavy (non-hydrogen) atoms. The lowest BCUT2D eigenvalue weighted by atomic mass is 9.73. The fourth-order valence-corrected chi connectivity index (χ4v) is 2.79. The summed E-state index contributed by atoms with van der Waals surface area (Å²) in [5.74, 6) is -0.325. The average molecular weight is 331 g/mol. The lowest BCUT2D eigenvalue weighted by molar-refractivity contribution is -0.130. The van der Waals surface area contributed by atoms with Crippen LogP contribution >= 0.6 is 12.4 Å². The van der Waals surface area contributed by atoms with Gasteiger partial charge in [0, 0.05) is 19.8 Å². The molecule has 0 unspecified atom stereocenters. The highest BCUT2D eigenvalue weighted by molar-refractivity contribution is 5.88. The zero-order valence-corrected chi connectivity index (χ0v) is 13.7. The third-order valence-electron chi connectivity index (χ3n) is 4.05. The Bertz CT molecular complexity index is 479. The van der Waals surface area contributed by atoms with Crippen LogP contribution in [0.4, 0.5) is 4.39 Å². The highest BCUT2D eigenvalue weighted by Gasteiger charge is 2.41. The highest BCUT2D eigenvalue weighted by atomic mass is 35.5. The topological polar surface area (TPSA) is 50.4 Å². The second-order valence-electron chi connectivity index (χ2n) is 5.42. The van der Waals surface area contributed by atoms with E-state index in [1.807, 2.05) is 13.1 Å². The molecule has 0 atom stereocenters. The fourth-order valence-electron chi connectivity index (χ4n) is 2.79. The minimum atomic E-state index is -0.667. The summed E-state index contributed by atoms with van der Waals surface area (Å²) in [5, 5.41) is 6.04. The van der Waals surface area contributed by atoms with Crippen molar-refractivity contribution >= 4 is 18.3 Å². The van der Waals surface area contributed by atoms with Gasteiger partial charge < -0.3 is 15.4 Å². The Balaban J connectivity index is 0.00000242. The zero-order chi connectivity index (χ0) is 15.1. The van der Waals surface area contributed by atoms with Gasteiger partial charge in [0.05, 0.1) is 5.41 Å². The maximum absolute atomic E-state index is 13.5. The molecule has 0 aromatic heterocycles. The van der Waals surface area contributed by atoms with Crippen LogP contribution < -0.4 is 10.6 Å². The zero-order valence-electron chi connectivity index (χ0n) is 12.9. The van der Waals surface area contributed by atoms with Crippen molar-refractivity contribution in [3.63, 3.8) is 0 Å². The number of hydrogen-bond donors (Lipinski definition) is 2. The van der Waals surface area contributed by atoms with Gasteiger partial charge in [0.15, 0.2) is 0 Å². The van der Waals surface area contributed by atoms with Gasteiger partial charge in [-0.15, -0.1) is 12.4 Å². The van der Waals surface area contributed by atoms with E-state index >= 15 is 0 Å². The van der Waals surface area contributed by atoms with Gasteiger partial charge >= 0.3 is 0 Å². The Morgan fingerprint density at radius 3 is 2.68 bits per heavy atom. The summed E-state index contributed by atoms with van der Waals surface area (Å²) in [6.07, 6.45) is 2.06. The molecule has 0 aliphatic carbocycles. The largest absolute Gasteiger partial charge is 0.381 e. The summed E-state index contributed by atoms with van der Waals surface area (Å²) in [7, 11) is 1.88. The molecule has 1 amide bonds. The van der Waals surface area contributed by atoms with Crippen LogP contribution in [-0.4, -0.2) is 39.3 Å². The van der Waals surface area contributed by atoms with E-state index in [0.717, 1.165) is 18.5 Å². The molecule has 6 heteroatoms. The van der Waals surface area contributed by atoms with E-state index in [1.165, 1.54) is 12.1 Å². The third kappa shape index (κ3) is 4.41. The first kappa shape index (κ1) is 18.9. The van der Waals surface area contributed by atoms with Crippen LogP contribution in [0.3, 0.4) is 0 Å². The average Bonchev–Trinajstić information content (AvgIpc) is 2.52. The number of carbonyl (C=O) groups is 1. The summed E-state index contributed by atoms with van der Waals surface area (Å²) in [5.41, 5.74) is 0.0805. The summed E-state index contributed by atoms with van der Waals surface area (Å²) >= 11 is 0. The molecule has 4 nitrogen and oxygen atoms in total. The molecule has 2 N–H and O–H groups in total. The molecular weight excluding hydrogens is 307 g/mol. The van der Waals surface area contributed by atoms with E-state index in [4.69, 9.17) is 4.74 Å². The summed E-state index contributed by atoms with van der Waals surface area (Å²) < 4.78 is 18.9. The van der Waals surface area contributed by atoms with Gasteiger partial charge in [-0.05, 0) is 50.6 Å². The minimum absolute atomic E-state index is 0. The van der Waals surface area contributed by atoms with Crippen molar-refractivity contribution in [3.8, 4) is 0 Å². The van der Waals surface area contributed by atoms with Gasteiger partial charge in [0.2, 0.25) is 5.91 Å². The van der Waals surface area contributed by atoms with Gasteiger partial charge in [-0.25, -0.2) is 4.39 Å². The van der Waals surface area contributed by atoms with Gasteiger partial charge in [-0.2, -0.15) is 0 Å². The summed E-state index contributed by atoms with van der Waals surface area (Å²) in [6.45, 7) is 2.54. The van der Waals surface area contributed by atoms with Gasteiger partial charge in [-0.1, -0.05) is 12.1 Å². The fraction of sp³-hybridized carbons (Fsp3) is 0.562. The minimum Gasteiger partial charge on any atom is -0.381 e. The van der Waals surface area contributed by atoms with Crippen molar-refractivity contribution in [1.29, 1.82) is 0 Å². The number of benzene rings is 1. The molecule has 1 saturated heterocycles. The molecule has 1 fully saturated rings. The highest BCUT2D eigenvalue weighted by Crippen LogP contribution is 2.35. The monoisotopic (exact) mass is 330 g/mol. The van der Waals surface area contributed by atoms with E-state index < -0.39 is 5.41 Å². The standard InChI is InChI=1S/C16H23FN2O2.ClH/c1-18-8-3-9-19-15(20)16(6-10-21-11-7-16)13-4-2-5-14(17)12-13;/h2,4-5,12,18H,3,6-11H2,1H3,(H,19,20);1H. The number of rotatable bonds is 6. The Kier molecular flexibility index (Phi) is 7.79. The van der Waals surface area contributed by atoms with Gasteiger partial charge in [0.25, 0.3) is 0 Å². The van der Waals surface area contributed by atoms with Crippen LogP contribution in [-0.2, 0) is 14.9 Å². The quantitative estimate of drug-likeness (QED) is 0.785. The molecule has 2 rings (SSSR count). The molecule has 1 aliphatic heterocycles. The van der Waals surface area contributed by atoms with Crippen LogP contribution in [0.5, 0.6) is 0 Å². The second kappa shape index (κ2) is 9.08. The van der Waals surface area contributed by atoms with E-state index in [2.05, 4.69) is 10.6 Å². The predicted octanol–water partition coefficient (Wildman–Crippen LogP) is 2.02. The van der Waals surface area contributed by atoms with Crippen molar-refractivity contribution in [2.45, 2.75) is 24.7 Å². The molecule has 0 spiro atoms. The van der Waals surface area contributed by atoms with Crippen LogP contribution in [0.2, 0.25) is 0 Å². The summed E-state index contributed by atoms with van der Waals surface area (Å²) in [4.78, 5) is 12.7. The molecule has 124 valence electrons. The molecule has 1 aliphatic rings. The first-order valence-electron chi connectivity index (χ1n) is 7.46. The molecule has 1 heterocycles. The molecule has 0 radical (unpaired) electrons. The number of amides is 1. The SMILES string of the molecule is CNCCCNC(=O)C1(c2cccc(F)c2)CCOCC1.Cl. The maximum Gasteiger partial charge on any atom is 0.230 e. The maximum atomic E-state index is 13.5. The van der Waals surface area contributed by atoms with E-state index in [0.29, 0.717) is 32.6 Å². The number of carbonyl (C=O) groups excluding carboxylic acids is 1. The predicted molar refractivity (Wildman–Crippen MR) is 86.9 cm³/mol. The molecule has 1 aromatic carbocycles. The molecule has 0 bridgehead atoms. The first-order valence-corrected chi connectivity index (χ1v) is 7.46. The molecular formula is C16H24ClFN2O2. The summed E-state index contributed by atoms with van der Waals surface area (Å²) in [6, 6.07) is 6.37. The van der Waals surface area contributed by atoms with Crippen molar-refractivity contribution < 1.29 is 13.9 Å². The van der Waals surface area contributed by atoms with Crippen LogP contribution in [0.1, 0.15) is 24.8 Å². The van der Waals surface area contributed by atoms with Gasteiger partial charge in [0.1, 0.15) is 5.82 Å². The first-order chi connectivity index (χ1) is 10.2. The van der Waals surface area contributed by atoms with Crippen LogP contribution in [0, 0.1) is 5.82 Å². The van der Waals surface area contributed by atoms with E-state index in [9.17, 15) is 9.18 Å². The Morgan fingerprint density at radius 1 is 1.32 bits per heavy atom. The number of hydrogen-bond acceptors (Lipinski definition) is 3. The van der Waals surface area contributed by atoms with Crippen molar-refractivity contribution in [1.82, 2.24) is 10.6 Å². The Labute approximate surface area is 137 Å². The third-order valence-corrected chi connectivity index (χ3v) is 4.05. The Morgan fingerprint density at radius 2 is 2.05 bits per heavy atom. The van der Waals surface area contributed by atoms with E-state index in [1.54, 1.807) is 6.07 Å². The number of nitrogens with one attached hydrogen (secondary N) is 2. The lowest BCUT2D eigenvalue weighted by Crippen LogP contribution is -2.48. The van der Waals surface area contributed by atoms with Crippen LogP contribution in [0.15, 0.2) is 24.3 Å². The van der Waals surface area contributed by atoms with Crippen LogP contribution in [0.25, 0.3) is 0 Å². The van der Waals surface area contributed by atoms with Crippen molar-refractivity contribution in [3.05, 3.63) is 35.6 Å². The normalized spacial score (nSPS) is 16.6. The van der Waals surface area contributed by atoms with Crippen molar-refractivity contribution in [2.24, 2.45) is 0 Å². The molecule has 0 saturated carbocycles. The van der Waals surface area contributed by atoms with Crippen molar-refractivity contribution in [2.75, 3.05) is 33.4 Å². The van der Waals surface area contributed by atoms with Gasteiger partial charge in [-0.3, -0.25) is 4.79 Å².